The van der Waals surface area contributed by atoms with E-state index in [0.717, 1.165) is 24.6 Å². The van der Waals surface area contributed by atoms with Gasteiger partial charge in [0.1, 0.15) is 10.6 Å². The number of sulfonamides is 2. The Hall–Kier alpha value is -2.31. The minimum Gasteiger partial charge on any atom is -0.495 e. The molecule has 1 fully saturated rings. The summed E-state index contributed by atoms with van der Waals surface area (Å²) in [6.45, 7) is 0.640. The van der Waals surface area contributed by atoms with Gasteiger partial charge < -0.3 is 4.74 Å². The summed E-state index contributed by atoms with van der Waals surface area (Å²) in [5.74, 6) is 0.00390. The van der Waals surface area contributed by atoms with Crippen molar-refractivity contribution in [3.8, 4) is 5.75 Å². The number of hydrogen-bond donors (Lipinski definition) is 1. The molecule has 0 spiro atoms. The maximum absolute atomic E-state index is 13.2. The molecule has 0 unspecified atom stereocenters. The van der Waals surface area contributed by atoms with Gasteiger partial charge in [0.05, 0.1) is 23.3 Å². The zero-order chi connectivity index (χ0) is 22.9. The molecular formula is C19H21F3N2O5S2. The molecule has 3 rings (SSSR count). The molecule has 12 heteroatoms. The first-order chi connectivity index (χ1) is 14.5. The van der Waals surface area contributed by atoms with Crippen LogP contribution in [0, 0.1) is 0 Å². The normalized spacial score (nSPS) is 16.1. The minimum absolute atomic E-state index is 0.00390. The summed E-state index contributed by atoms with van der Waals surface area (Å²) in [6.07, 6.45) is -2.58. The highest BCUT2D eigenvalue weighted by molar-refractivity contribution is 7.92. The number of benzene rings is 2. The van der Waals surface area contributed by atoms with E-state index in [0.29, 0.717) is 32.0 Å². The first kappa shape index (κ1) is 23.4. The van der Waals surface area contributed by atoms with Crippen molar-refractivity contribution in [2.24, 2.45) is 0 Å². The lowest BCUT2D eigenvalue weighted by molar-refractivity contribution is -0.139. The van der Waals surface area contributed by atoms with Crippen molar-refractivity contribution in [2.45, 2.75) is 35.2 Å². The van der Waals surface area contributed by atoms with Crippen molar-refractivity contribution in [1.82, 2.24) is 4.31 Å². The van der Waals surface area contributed by atoms with Crippen LogP contribution in [-0.4, -0.2) is 41.3 Å². The topological polar surface area (TPSA) is 92.8 Å². The Morgan fingerprint density at radius 2 is 1.58 bits per heavy atom. The Bertz CT molecular complexity index is 1160. The van der Waals surface area contributed by atoms with Crippen LogP contribution in [0.2, 0.25) is 0 Å². The van der Waals surface area contributed by atoms with Crippen molar-refractivity contribution < 1.29 is 34.7 Å². The molecule has 170 valence electrons. The summed E-state index contributed by atoms with van der Waals surface area (Å²) in [6, 6.07) is 7.28. The van der Waals surface area contributed by atoms with Crippen LogP contribution >= 0.6 is 0 Å². The Kier molecular flexibility index (Phi) is 6.53. The fourth-order valence-corrected chi connectivity index (χ4v) is 6.31. The van der Waals surface area contributed by atoms with Crippen molar-refractivity contribution in [1.29, 1.82) is 0 Å². The summed E-state index contributed by atoms with van der Waals surface area (Å²) in [4.78, 5) is -1.22. The van der Waals surface area contributed by atoms with Crippen LogP contribution in [0.1, 0.15) is 24.8 Å². The molecule has 1 aliphatic heterocycles. The summed E-state index contributed by atoms with van der Waals surface area (Å²) in [5, 5.41) is 0. The standard InChI is InChI=1S/C19H21F3N2O5S2/c1-29-16-10-9-14(13-18(16)31(27,28)24-11-5-2-6-12-24)23-30(25,26)17-8-4-3-7-15(17)19(20,21)22/h3-4,7-10,13,23H,2,5-6,11-12H2,1H3. The zero-order valence-electron chi connectivity index (χ0n) is 16.5. The van der Waals surface area contributed by atoms with E-state index in [2.05, 4.69) is 0 Å². The van der Waals surface area contributed by atoms with Gasteiger partial charge in [-0.1, -0.05) is 18.6 Å². The monoisotopic (exact) mass is 478 g/mol. The molecule has 0 aromatic heterocycles. The van der Waals surface area contributed by atoms with Gasteiger partial charge >= 0.3 is 6.18 Å². The van der Waals surface area contributed by atoms with Gasteiger partial charge in [-0.05, 0) is 43.2 Å². The lowest BCUT2D eigenvalue weighted by atomic mass is 10.2. The number of methoxy groups -OCH3 is 1. The van der Waals surface area contributed by atoms with E-state index in [1.807, 2.05) is 4.72 Å². The molecule has 2 aromatic carbocycles. The average molecular weight is 479 g/mol. The van der Waals surface area contributed by atoms with E-state index >= 15 is 0 Å². The lowest BCUT2D eigenvalue weighted by Crippen LogP contribution is -2.35. The number of piperidine rings is 1. The summed E-state index contributed by atoms with van der Waals surface area (Å²) >= 11 is 0. The summed E-state index contributed by atoms with van der Waals surface area (Å²) < 4.78 is 99.7. The molecule has 7 nitrogen and oxygen atoms in total. The van der Waals surface area contributed by atoms with Gasteiger partial charge in [0.2, 0.25) is 10.0 Å². The Labute approximate surface area is 178 Å². The van der Waals surface area contributed by atoms with E-state index < -0.39 is 36.7 Å². The third kappa shape index (κ3) is 4.96. The molecule has 1 aliphatic rings. The van der Waals surface area contributed by atoms with Crippen LogP contribution in [0.15, 0.2) is 52.3 Å². The highest BCUT2D eigenvalue weighted by Crippen LogP contribution is 2.36. The van der Waals surface area contributed by atoms with Crippen molar-refractivity contribution in [3.63, 3.8) is 0 Å². The van der Waals surface area contributed by atoms with Crippen molar-refractivity contribution in [2.75, 3.05) is 24.9 Å². The van der Waals surface area contributed by atoms with Gasteiger partial charge in [0, 0.05) is 13.1 Å². The Morgan fingerprint density at radius 3 is 2.19 bits per heavy atom. The van der Waals surface area contributed by atoms with E-state index in [-0.39, 0.29) is 16.3 Å². The highest BCUT2D eigenvalue weighted by atomic mass is 32.2. The zero-order valence-corrected chi connectivity index (χ0v) is 18.1. The predicted molar refractivity (Wildman–Crippen MR) is 108 cm³/mol. The van der Waals surface area contributed by atoms with E-state index in [1.165, 1.54) is 29.6 Å². The van der Waals surface area contributed by atoms with E-state index in [9.17, 15) is 30.0 Å². The molecule has 1 N–H and O–H groups in total. The Balaban J connectivity index is 2.01. The second-order valence-electron chi connectivity index (χ2n) is 6.93. The third-order valence-corrected chi connectivity index (χ3v) is 8.19. The number of ether oxygens (including phenoxy) is 1. The summed E-state index contributed by atoms with van der Waals surface area (Å²) in [7, 11) is -7.37. The molecule has 0 radical (unpaired) electrons. The lowest BCUT2D eigenvalue weighted by Gasteiger charge is -2.26. The molecule has 0 saturated carbocycles. The van der Waals surface area contributed by atoms with Gasteiger partial charge in [0.25, 0.3) is 10.0 Å². The first-order valence-electron chi connectivity index (χ1n) is 9.34. The van der Waals surface area contributed by atoms with Gasteiger partial charge in [-0.25, -0.2) is 16.8 Å². The average Bonchev–Trinajstić information content (AvgIpc) is 2.73. The van der Waals surface area contributed by atoms with Crippen LogP contribution in [0.3, 0.4) is 0 Å². The van der Waals surface area contributed by atoms with E-state index in [4.69, 9.17) is 4.74 Å². The first-order valence-corrected chi connectivity index (χ1v) is 12.3. The van der Waals surface area contributed by atoms with Gasteiger partial charge in [0.15, 0.2) is 0 Å². The second-order valence-corrected chi connectivity index (χ2v) is 10.5. The number of nitrogens with one attached hydrogen (secondary N) is 1. The smallest absolute Gasteiger partial charge is 0.417 e. The molecule has 31 heavy (non-hydrogen) atoms. The minimum atomic E-state index is -4.88. The molecular weight excluding hydrogens is 457 g/mol. The molecule has 2 aromatic rings. The largest absolute Gasteiger partial charge is 0.495 e. The number of anilines is 1. The number of hydrogen-bond acceptors (Lipinski definition) is 5. The fraction of sp³-hybridized carbons (Fsp3) is 0.368. The number of alkyl halides is 3. The molecule has 0 atom stereocenters. The molecule has 1 saturated heterocycles. The quantitative estimate of drug-likeness (QED) is 0.684. The highest BCUT2D eigenvalue weighted by Gasteiger charge is 2.37. The van der Waals surface area contributed by atoms with Gasteiger partial charge in [-0.3, -0.25) is 4.72 Å². The third-order valence-electron chi connectivity index (χ3n) is 4.83. The fourth-order valence-electron chi connectivity index (χ4n) is 3.33. The molecule has 1 heterocycles. The molecule has 0 aliphatic carbocycles. The van der Waals surface area contributed by atoms with Crippen molar-refractivity contribution in [3.05, 3.63) is 48.0 Å². The van der Waals surface area contributed by atoms with E-state index in [1.54, 1.807) is 0 Å². The Morgan fingerprint density at radius 1 is 0.935 bits per heavy atom. The van der Waals surface area contributed by atoms with Crippen molar-refractivity contribution >= 4 is 25.7 Å². The maximum atomic E-state index is 13.2. The van der Waals surface area contributed by atoms with Gasteiger partial charge in [-0.2, -0.15) is 17.5 Å². The van der Waals surface area contributed by atoms with Crippen LogP contribution < -0.4 is 9.46 Å². The van der Waals surface area contributed by atoms with Crippen LogP contribution in [0.25, 0.3) is 0 Å². The number of halogens is 3. The maximum Gasteiger partial charge on any atom is 0.417 e. The van der Waals surface area contributed by atoms with Crippen LogP contribution in [0.5, 0.6) is 5.75 Å². The molecule has 0 amide bonds. The van der Waals surface area contributed by atoms with Crippen LogP contribution in [-0.2, 0) is 26.2 Å². The van der Waals surface area contributed by atoms with Crippen LogP contribution in [0.4, 0.5) is 18.9 Å². The number of nitrogens with zero attached hydrogens (tertiary/aromatic N) is 1. The SMILES string of the molecule is COc1ccc(NS(=O)(=O)c2ccccc2C(F)(F)F)cc1S(=O)(=O)N1CCCCC1. The second kappa shape index (κ2) is 8.67. The summed E-state index contributed by atoms with van der Waals surface area (Å²) in [5.41, 5.74) is -1.52. The number of rotatable bonds is 6. The molecule has 0 bridgehead atoms. The predicted octanol–water partition coefficient (Wildman–Crippen LogP) is 3.69. The van der Waals surface area contributed by atoms with Gasteiger partial charge in [-0.15, -0.1) is 0 Å².